The second kappa shape index (κ2) is 11.3. The van der Waals surface area contributed by atoms with Gasteiger partial charge in [0, 0.05) is 17.8 Å². The molecule has 0 aliphatic carbocycles. The first-order valence-corrected chi connectivity index (χ1v) is 14.5. The highest BCUT2D eigenvalue weighted by atomic mass is 32.2. The Bertz CT molecular complexity index is 1700. The van der Waals surface area contributed by atoms with E-state index < -0.39 is 26.0 Å². The summed E-state index contributed by atoms with van der Waals surface area (Å²) >= 11 is 0. The third kappa shape index (κ3) is 6.44. The Hall–Kier alpha value is -4.22. The van der Waals surface area contributed by atoms with Gasteiger partial charge in [0.25, 0.3) is 0 Å². The molecule has 0 saturated heterocycles. The minimum absolute atomic E-state index is 0.0964. The predicted molar refractivity (Wildman–Crippen MR) is 143 cm³/mol. The van der Waals surface area contributed by atoms with E-state index >= 15 is 0 Å². The minimum atomic E-state index is -4.41. The zero-order valence-electron chi connectivity index (χ0n) is 21.3. The van der Waals surface area contributed by atoms with Gasteiger partial charge >= 0.3 is 20.2 Å². The van der Waals surface area contributed by atoms with E-state index in [0.29, 0.717) is 12.0 Å². The molecule has 0 radical (unpaired) electrons. The van der Waals surface area contributed by atoms with Crippen molar-refractivity contribution < 1.29 is 34.7 Å². The molecule has 202 valence electrons. The lowest BCUT2D eigenvalue weighted by atomic mass is 10.1. The maximum absolute atomic E-state index is 13.1. The van der Waals surface area contributed by atoms with E-state index in [9.17, 15) is 21.6 Å². The molecule has 0 atom stereocenters. The number of carbonyl (C=O) groups excluding carboxylic acids is 1. The van der Waals surface area contributed by atoms with E-state index in [1.54, 1.807) is 55.6 Å². The highest BCUT2D eigenvalue weighted by molar-refractivity contribution is 7.87. The van der Waals surface area contributed by atoms with Crippen LogP contribution in [-0.2, 0) is 26.8 Å². The standard InChI is InChI=1S/C28H25NO8S2/c1-19-7-11-23(12-8-19)38(31,32)36-26-16-27(37-39(33,34)24-13-9-20(2)10-14-24)25(17-30)28(21(26)3)35-18-22-6-4-5-15-29-22/h4-17H,18H2,1-3H3. The van der Waals surface area contributed by atoms with Gasteiger partial charge in [-0.15, -0.1) is 0 Å². The number of hydrogen-bond acceptors (Lipinski definition) is 9. The summed E-state index contributed by atoms with van der Waals surface area (Å²) in [6, 6.07) is 18.1. The zero-order chi connectivity index (χ0) is 28.2. The lowest BCUT2D eigenvalue weighted by molar-refractivity contribution is 0.111. The second-order valence-corrected chi connectivity index (χ2v) is 11.8. The van der Waals surface area contributed by atoms with Gasteiger partial charge in [-0.25, -0.2) is 0 Å². The van der Waals surface area contributed by atoms with Crippen molar-refractivity contribution in [1.29, 1.82) is 0 Å². The lowest BCUT2D eigenvalue weighted by Gasteiger charge is -2.18. The van der Waals surface area contributed by atoms with Crippen molar-refractivity contribution in [2.75, 3.05) is 0 Å². The zero-order valence-corrected chi connectivity index (χ0v) is 23.0. The van der Waals surface area contributed by atoms with Crippen molar-refractivity contribution in [2.24, 2.45) is 0 Å². The number of aldehydes is 1. The number of pyridine rings is 1. The first kappa shape index (κ1) is 27.8. The Morgan fingerprint density at radius 2 is 1.28 bits per heavy atom. The van der Waals surface area contributed by atoms with E-state index in [1.807, 2.05) is 6.92 Å². The molecule has 0 saturated carbocycles. The summed E-state index contributed by atoms with van der Waals surface area (Å²) in [5.41, 5.74) is 2.10. The summed E-state index contributed by atoms with van der Waals surface area (Å²) in [5.74, 6) is -0.839. The largest absolute Gasteiger partial charge is 0.486 e. The fourth-order valence-corrected chi connectivity index (χ4v) is 5.47. The normalized spacial score (nSPS) is 11.6. The lowest BCUT2D eigenvalue weighted by Crippen LogP contribution is -2.14. The van der Waals surface area contributed by atoms with Crippen molar-refractivity contribution in [3.63, 3.8) is 0 Å². The van der Waals surface area contributed by atoms with Gasteiger partial charge in [0.2, 0.25) is 0 Å². The Morgan fingerprint density at radius 1 is 0.744 bits per heavy atom. The van der Waals surface area contributed by atoms with E-state index in [-0.39, 0.29) is 39.0 Å². The van der Waals surface area contributed by atoms with Gasteiger partial charge in [-0.05, 0) is 57.2 Å². The molecule has 0 unspecified atom stereocenters. The van der Waals surface area contributed by atoms with Gasteiger partial charge in [0.1, 0.15) is 27.7 Å². The van der Waals surface area contributed by atoms with E-state index in [0.717, 1.165) is 17.2 Å². The minimum Gasteiger partial charge on any atom is -0.486 e. The number of aryl methyl sites for hydroxylation is 2. The average Bonchev–Trinajstić information content (AvgIpc) is 2.90. The molecule has 11 heteroatoms. The van der Waals surface area contributed by atoms with E-state index in [4.69, 9.17) is 13.1 Å². The Morgan fingerprint density at radius 3 is 1.77 bits per heavy atom. The van der Waals surface area contributed by atoms with Gasteiger partial charge in [0.05, 0.1) is 5.69 Å². The summed E-state index contributed by atoms with van der Waals surface area (Å²) in [6.45, 7) is 4.99. The van der Waals surface area contributed by atoms with Crippen LogP contribution in [0.2, 0.25) is 0 Å². The first-order valence-electron chi connectivity index (χ1n) is 11.7. The van der Waals surface area contributed by atoms with Crippen LogP contribution in [0.5, 0.6) is 17.2 Å². The Kier molecular flexibility index (Phi) is 8.03. The molecule has 0 amide bonds. The maximum atomic E-state index is 13.1. The molecular formula is C28H25NO8S2. The Balaban J connectivity index is 1.81. The smallest absolute Gasteiger partial charge is 0.339 e. The fraction of sp³-hybridized carbons (Fsp3) is 0.143. The molecule has 0 N–H and O–H groups in total. The number of hydrogen-bond donors (Lipinski definition) is 0. The van der Waals surface area contributed by atoms with Crippen LogP contribution >= 0.6 is 0 Å². The molecule has 0 aliphatic heterocycles. The third-order valence-corrected chi connectivity index (χ3v) is 8.21. The summed E-state index contributed by atoms with van der Waals surface area (Å²) in [4.78, 5) is 16.1. The van der Waals surface area contributed by atoms with Crippen LogP contribution in [0.25, 0.3) is 0 Å². The quantitative estimate of drug-likeness (QED) is 0.194. The molecule has 4 rings (SSSR count). The number of aromatic nitrogens is 1. The van der Waals surface area contributed by atoms with Crippen molar-refractivity contribution >= 4 is 26.5 Å². The van der Waals surface area contributed by atoms with E-state index in [1.165, 1.54) is 31.2 Å². The van der Waals surface area contributed by atoms with Crippen LogP contribution in [0.3, 0.4) is 0 Å². The first-order chi connectivity index (χ1) is 18.5. The highest BCUT2D eigenvalue weighted by Gasteiger charge is 2.27. The number of carbonyl (C=O) groups is 1. The monoisotopic (exact) mass is 567 g/mol. The number of nitrogens with zero attached hydrogens (tertiary/aromatic N) is 1. The van der Waals surface area contributed by atoms with Crippen LogP contribution in [0.4, 0.5) is 0 Å². The molecule has 4 aromatic rings. The summed E-state index contributed by atoms with van der Waals surface area (Å²) < 4.78 is 68.8. The molecule has 0 bridgehead atoms. The Labute approximate surface area is 227 Å². The number of ether oxygens (including phenoxy) is 1. The summed E-state index contributed by atoms with van der Waals surface area (Å²) in [7, 11) is -8.74. The second-order valence-electron chi connectivity index (χ2n) is 8.67. The molecule has 3 aromatic carbocycles. The van der Waals surface area contributed by atoms with Gasteiger partial charge in [-0.3, -0.25) is 9.78 Å². The van der Waals surface area contributed by atoms with E-state index in [2.05, 4.69) is 4.98 Å². The molecule has 1 aromatic heterocycles. The summed E-state index contributed by atoms with van der Waals surface area (Å²) in [6.07, 6.45) is 1.93. The van der Waals surface area contributed by atoms with Gasteiger partial charge in [0.15, 0.2) is 17.8 Å². The van der Waals surface area contributed by atoms with Crippen LogP contribution in [0, 0.1) is 20.8 Å². The SMILES string of the molecule is Cc1ccc(S(=O)(=O)Oc2cc(OS(=O)(=O)c3ccc(C)cc3)c(C=O)c(OCc3ccccn3)c2C)cc1. The number of rotatable bonds is 10. The third-order valence-electron chi connectivity index (χ3n) is 5.71. The van der Waals surface area contributed by atoms with Crippen molar-refractivity contribution in [3.05, 3.63) is 107 Å². The number of benzene rings is 3. The fourth-order valence-electron chi connectivity index (χ4n) is 3.56. The molecule has 1 heterocycles. The van der Waals surface area contributed by atoms with Gasteiger partial charge in [-0.1, -0.05) is 41.5 Å². The van der Waals surface area contributed by atoms with Crippen molar-refractivity contribution in [2.45, 2.75) is 37.2 Å². The van der Waals surface area contributed by atoms with Crippen LogP contribution in [0.1, 0.15) is 32.7 Å². The molecule has 39 heavy (non-hydrogen) atoms. The average molecular weight is 568 g/mol. The van der Waals surface area contributed by atoms with Gasteiger partial charge < -0.3 is 13.1 Å². The molecular weight excluding hydrogens is 542 g/mol. The topological polar surface area (TPSA) is 126 Å². The van der Waals surface area contributed by atoms with Crippen molar-refractivity contribution in [1.82, 2.24) is 4.98 Å². The van der Waals surface area contributed by atoms with Crippen LogP contribution < -0.4 is 13.1 Å². The molecule has 0 spiro atoms. The van der Waals surface area contributed by atoms with Crippen LogP contribution in [-0.4, -0.2) is 28.1 Å². The molecule has 0 aliphatic rings. The van der Waals surface area contributed by atoms with Crippen molar-refractivity contribution in [3.8, 4) is 17.2 Å². The highest BCUT2D eigenvalue weighted by Crippen LogP contribution is 2.40. The molecule has 9 nitrogen and oxygen atoms in total. The maximum Gasteiger partial charge on any atom is 0.339 e. The van der Waals surface area contributed by atoms with Crippen LogP contribution in [0.15, 0.2) is 88.8 Å². The predicted octanol–water partition coefficient (Wildman–Crippen LogP) is 4.93. The summed E-state index contributed by atoms with van der Waals surface area (Å²) in [5, 5.41) is 0. The molecule has 0 fully saturated rings. The van der Waals surface area contributed by atoms with Gasteiger partial charge in [-0.2, -0.15) is 16.8 Å².